The maximum atomic E-state index is 5.26. The van der Waals surface area contributed by atoms with Crippen LogP contribution >= 0.6 is 0 Å². The largest absolute Gasteiger partial charge is 0.377 e. The van der Waals surface area contributed by atoms with Gasteiger partial charge in [0.1, 0.15) is 0 Å². The normalized spacial score (nSPS) is 10.1. The number of aliphatic imine (C=N–C) groups is 1. The molecule has 0 unspecified atom stereocenters. The summed E-state index contributed by atoms with van der Waals surface area (Å²) in [7, 11) is 0. The molecule has 0 atom stereocenters. The van der Waals surface area contributed by atoms with Crippen LogP contribution in [-0.2, 0) is 4.74 Å². The van der Waals surface area contributed by atoms with Crippen LogP contribution in [0, 0.1) is 0 Å². The first-order valence-electron chi connectivity index (χ1n) is 5.11. The molecule has 0 aliphatic carbocycles. The van der Waals surface area contributed by atoms with Gasteiger partial charge in [-0.05, 0) is 18.7 Å². The fourth-order valence-corrected chi connectivity index (χ4v) is 0.601. The van der Waals surface area contributed by atoms with Crippen LogP contribution in [-0.4, -0.2) is 19.9 Å². The van der Waals surface area contributed by atoms with E-state index in [1.807, 2.05) is 0 Å². The summed E-state index contributed by atoms with van der Waals surface area (Å²) in [6.07, 6.45) is 5.67. The molecular weight excluding hydrogens is 174 g/mol. The standard InChI is InChI=1S/C9H15NO.C3H8/c1-4-6-11-8-9(5-2)7-10-3;1-3-2/h5,7H,2-4,6,8H2,1H3;3H2,1-2H3/b9-7+;. The lowest BCUT2D eigenvalue weighted by Crippen LogP contribution is -1.96. The maximum Gasteiger partial charge on any atom is 0.0731 e. The van der Waals surface area contributed by atoms with Crippen LogP contribution in [0.15, 0.2) is 29.4 Å². The van der Waals surface area contributed by atoms with Crippen molar-refractivity contribution in [3.8, 4) is 0 Å². The van der Waals surface area contributed by atoms with E-state index in [-0.39, 0.29) is 0 Å². The molecule has 0 aromatic rings. The Kier molecular flexibility index (Phi) is 16.3. The quantitative estimate of drug-likeness (QED) is 0.362. The highest BCUT2D eigenvalue weighted by atomic mass is 16.5. The molecule has 0 saturated carbocycles. The third-order valence-electron chi connectivity index (χ3n) is 1.14. The Bertz CT molecular complexity index is 162. The third kappa shape index (κ3) is 13.7. The minimum Gasteiger partial charge on any atom is -0.377 e. The zero-order valence-corrected chi connectivity index (χ0v) is 9.75. The average Bonchev–Trinajstić information content (AvgIpc) is 2.18. The number of rotatable bonds is 6. The first kappa shape index (κ1) is 15.6. The molecule has 14 heavy (non-hydrogen) atoms. The molecule has 0 heterocycles. The Balaban J connectivity index is 0. The van der Waals surface area contributed by atoms with Gasteiger partial charge in [-0.2, -0.15) is 0 Å². The molecule has 82 valence electrons. The van der Waals surface area contributed by atoms with Gasteiger partial charge < -0.3 is 4.74 Å². The van der Waals surface area contributed by atoms with Gasteiger partial charge >= 0.3 is 0 Å². The van der Waals surface area contributed by atoms with Crippen molar-refractivity contribution in [2.24, 2.45) is 4.99 Å². The molecule has 2 heteroatoms. The van der Waals surface area contributed by atoms with Crippen molar-refractivity contribution >= 4 is 6.72 Å². The van der Waals surface area contributed by atoms with Crippen molar-refractivity contribution in [1.82, 2.24) is 0 Å². The lowest BCUT2D eigenvalue weighted by atomic mass is 10.3. The van der Waals surface area contributed by atoms with Crippen LogP contribution in [0.2, 0.25) is 0 Å². The zero-order valence-electron chi connectivity index (χ0n) is 9.75. The van der Waals surface area contributed by atoms with Crippen LogP contribution in [0.4, 0.5) is 0 Å². The van der Waals surface area contributed by atoms with Gasteiger partial charge in [-0.25, -0.2) is 0 Å². The van der Waals surface area contributed by atoms with Crippen LogP contribution in [0.3, 0.4) is 0 Å². The molecular formula is C12H23NO. The Morgan fingerprint density at radius 2 is 1.93 bits per heavy atom. The molecule has 0 spiro atoms. The lowest BCUT2D eigenvalue weighted by Gasteiger charge is -2.00. The van der Waals surface area contributed by atoms with Crippen LogP contribution in [0.1, 0.15) is 33.6 Å². The van der Waals surface area contributed by atoms with Gasteiger partial charge in [0.05, 0.1) is 6.61 Å². The number of ether oxygens (including phenoxy) is 1. The van der Waals surface area contributed by atoms with E-state index in [2.05, 4.69) is 39.1 Å². The lowest BCUT2D eigenvalue weighted by molar-refractivity contribution is 0.158. The maximum absolute atomic E-state index is 5.26. The van der Waals surface area contributed by atoms with E-state index in [0.29, 0.717) is 6.61 Å². The topological polar surface area (TPSA) is 21.6 Å². The molecule has 0 aromatic heterocycles. The van der Waals surface area contributed by atoms with Crippen LogP contribution < -0.4 is 0 Å². The first-order valence-corrected chi connectivity index (χ1v) is 5.11. The van der Waals surface area contributed by atoms with Crippen molar-refractivity contribution in [2.45, 2.75) is 33.6 Å². The summed E-state index contributed by atoms with van der Waals surface area (Å²) in [4.78, 5) is 3.62. The Morgan fingerprint density at radius 1 is 1.36 bits per heavy atom. The molecule has 2 nitrogen and oxygen atoms in total. The summed E-state index contributed by atoms with van der Waals surface area (Å²) in [5.41, 5.74) is 0.966. The van der Waals surface area contributed by atoms with E-state index < -0.39 is 0 Å². The first-order chi connectivity index (χ1) is 6.76. The second-order valence-corrected chi connectivity index (χ2v) is 2.85. The molecule has 0 aromatic carbocycles. The Labute approximate surface area is 88.4 Å². The molecule has 0 aliphatic rings. The number of hydrogen-bond donors (Lipinski definition) is 0. The number of nitrogens with zero attached hydrogens (tertiary/aromatic N) is 1. The molecule has 0 fully saturated rings. The van der Waals surface area contributed by atoms with E-state index in [9.17, 15) is 0 Å². The minimum atomic E-state index is 0.580. The third-order valence-corrected chi connectivity index (χ3v) is 1.14. The highest BCUT2D eigenvalue weighted by molar-refractivity contribution is 5.28. The van der Waals surface area contributed by atoms with E-state index in [0.717, 1.165) is 18.6 Å². The smallest absolute Gasteiger partial charge is 0.0731 e. The Morgan fingerprint density at radius 3 is 2.29 bits per heavy atom. The van der Waals surface area contributed by atoms with Gasteiger partial charge in [0.2, 0.25) is 0 Å². The fraction of sp³-hybridized carbons (Fsp3) is 0.583. The zero-order chi connectivity index (χ0) is 11.2. The van der Waals surface area contributed by atoms with Crippen LogP contribution in [0.5, 0.6) is 0 Å². The van der Waals surface area contributed by atoms with Crippen molar-refractivity contribution in [3.63, 3.8) is 0 Å². The SMILES string of the molecule is C=C/C(=C\N=C)COCCC.CCC. The van der Waals surface area contributed by atoms with Crippen molar-refractivity contribution in [3.05, 3.63) is 24.4 Å². The van der Waals surface area contributed by atoms with Gasteiger partial charge in [0, 0.05) is 12.8 Å². The molecule has 0 aliphatic heterocycles. The van der Waals surface area contributed by atoms with E-state index in [1.165, 1.54) is 6.42 Å². The minimum absolute atomic E-state index is 0.580. The van der Waals surface area contributed by atoms with E-state index >= 15 is 0 Å². The van der Waals surface area contributed by atoms with Crippen LogP contribution in [0.25, 0.3) is 0 Å². The summed E-state index contributed by atoms with van der Waals surface area (Å²) in [5, 5.41) is 0. The monoisotopic (exact) mass is 197 g/mol. The second kappa shape index (κ2) is 14.6. The van der Waals surface area contributed by atoms with Gasteiger partial charge in [0.25, 0.3) is 0 Å². The molecule has 0 N–H and O–H groups in total. The molecule has 0 bridgehead atoms. The van der Waals surface area contributed by atoms with Gasteiger partial charge in [-0.15, -0.1) is 0 Å². The van der Waals surface area contributed by atoms with Crippen molar-refractivity contribution < 1.29 is 4.74 Å². The summed E-state index contributed by atoms with van der Waals surface area (Å²) in [6.45, 7) is 14.7. The predicted molar refractivity (Wildman–Crippen MR) is 64.9 cm³/mol. The molecule has 0 amide bonds. The van der Waals surface area contributed by atoms with E-state index in [1.54, 1.807) is 12.3 Å². The van der Waals surface area contributed by atoms with Gasteiger partial charge in [-0.3, -0.25) is 4.99 Å². The van der Waals surface area contributed by atoms with Gasteiger partial charge in [-0.1, -0.05) is 39.8 Å². The molecule has 0 rings (SSSR count). The summed E-state index contributed by atoms with van der Waals surface area (Å²) < 4.78 is 5.26. The molecule has 0 radical (unpaired) electrons. The highest BCUT2D eigenvalue weighted by Crippen LogP contribution is 1.96. The average molecular weight is 197 g/mol. The summed E-state index contributed by atoms with van der Waals surface area (Å²) in [5.74, 6) is 0. The predicted octanol–water partition coefficient (Wildman–Crippen LogP) is 3.60. The van der Waals surface area contributed by atoms with Crippen molar-refractivity contribution in [1.29, 1.82) is 0 Å². The van der Waals surface area contributed by atoms with Crippen molar-refractivity contribution in [2.75, 3.05) is 13.2 Å². The molecule has 0 saturated heterocycles. The fourth-order valence-electron chi connectivity index (χ4n) is 0.601. The summed E-state index contributed by atoms with van der Waals surface area (Å²) >= 11 is 0. The Hall–Kier alpha value is -0.890. The summed E-state index contributed by atoms with van der Waals surface area (Å²) in [6, 6.07) is 0. The second-order valence-electron chi connectivity index (χ2n) is 2.85. The van der Waals surface area contributed by atoms with E-state index in [4.69, 9.17) is 4.74 Å². The number of hydrogen-bond acceptors (Lipinski definition) is 2. The van der Waals surface area contributed by atoms with Gasteiger partial charge in [0.15, 0.2) is 0 Å². The highest BCUT2D eigenvalue weighted by Gasteiger charge is 1.89.